The van der Waals surface area contributed by atoms with Crippen molar-refractivity contribution in [3.05, 3.63) is 32.9 Å². The lowest BCUT2D eigenvalue weighted by atomic mass is 10.1. The van der Waals surface area contributed by atoms with Crippen LogP contribution in [-0.2, 0) is 4.79 Å². The summed E-state index contributed by atoms with van der Waals surface area (Å²) in [6, 6.07) is 4.50. The second-order valence-electron chi connectivity index (χ2n) is 2.82. The molecule has 0 heterocycles. The standard InChI is InChI=1S/C9H10INO2/c1-5-2-3-6(4-7(5)10)8(11)9(12)13/h2-4,8H,11H2,1H3,(H,12,13)/t8-/m0/s1. The third-order valence-corrected chi connectivity index (χ3v) is 2.98. The van der Waals surface area contributed by atoms with E-state index in [0.717, 1.165) is 9.13 Å². The summed E-state index contributed by atoms with van der Waals surface area (Å²) in [7, 11) is 0. The van der Waals surface area contributed by atoms with Crippen molar-refractivity contribution >= 4 is 28.6 Å². The zero-order chi connectivity index (χ0) is 10.0. The second kappa shape index (κ2) is 4.06. The number of carboxylic acid groups (broad SMARTS) is 1. The topological polar surface area (TPSA) is 63.3 Å². The zero-order valence-corrected chi connectivity index (χ0v) is 9.28. The molecule has 70 valence electrons. The molecule has 0 saturated heterocycles. The Balaban J connectivity index is 3.03. The zero-order valence-electron chi connectivity index (χ0n) is 7.12. The molecule has 4 heteroatoms. The van der Waals surface area contributed by atoms with E-state index in [4.69, 9.17) is 10.8 Å². The normalized spacial score (nSPS) is 12.5. The minimum atomic E-state index is -1.00. The van der Waals surface area contributed by atoms with Gasteiger partial charge >= 0.3 is 5.97 Å². The van der Waals surface area contributed by atoms with Gasteiger partial charge in [0.1, 0.15) is 6.04 Å². The van der Waals surface area contributed by atoms with E-state index in [1.807, 2.05) is 13.0 Å². The number of halogens is 1. The molecule has 1 atom stereocenters. The lowest BCUT2D eigenvalue weighted by Crippen LogP contribution is -2.20. The fraction of sp³-hybridized carbons (Fsp3) is 0.222. The molecular formula is C9H10INO2. The molecule has 0 fully saturated rings. The van der Waals surface area contributed by atoms with Crippen molar-refractivity contribution in [1.82, 2.24) is 0 Å². The van der Waals surface area contributed by atoms with Crippen LogP contribution >= 0.6 is 22.6 Å². The van der Waals surface area contributed by atoms with Gasteiger partial charge < -0.3 is 10.8 Å². The van der Waals surface area contributed by atoms with Gasteiger partial charge in [0, 0.05) is 3.57 Å². The number of nitrogens with two attached hydrogens (primary N) is 1. The second-order valence-corrected chi connectivity index (χ2v) is 3.99. The molecule has 0 bridgehead atoms. The fourth-order valence-electron chi connectivity index (χ4n) is 0.945. The molecule has 1 aromatic carbocycles. The van der Waals surface area contributed by atoms with E-state index >= 15 is 0 Å². The van der Waals surface area contributed by atoms with Crippen molar-refractivity contribution < 1.29 is 9.90 Å². The summed E-state index contributed by atoms with van der Waals surface area (Å²) in [5.41, 5.74) is 7.22. The van der Waals surface area contributed by atoms with E-state index in [2.05, 4.69) is 22.6 Å². The summed E-state index contributed by atoms with van der Waals surface area (Å²) in [5, 5.41) is 8.67. The van der Waals surface area contributed by atoms with E-state index in [1.54, 1.807) is 12.1 Å². The molecule has 0 aromatic heterocycles. The first-order valence-electron chi connectivity index (χ1n) is 3.77. The Morgan fingerprint density at radius 3 is 2.69 bits per heavy atom. The van der Waals surface area contributed by atoms with E-state index in [0.29, 0.717) is 5.56 Å². The minimum Gasteiger partial charge on any atom is -0.480 e. The van der Waals surface area contributed by atoms with Crippen molar-refractivity contribution in [1.29, 1.82) is 0 Å². The number of benzene rings is 1. The van der Waals surface area contributed by atoms with Crippen LogP contribution in [0.5, 0.6) is 0 Å². The average Bonchev–Trinajstić information content (AvgIpc) is 2.08. The maximum atomic E-state index is 10.6. The SMILES string of the molecule is Cc1ccc([C@H](N)C(=O)O)cc1I. The van der Waals surface area contributed by atoms with Gasteiger partial charge in [-0.25, -0.2) is 0 Å². The van der Waals surface area contributed by atoms with Gasteiger partial charge in [-0.2, -0.15) is 0 Å². The molecule has 3 nitrogen and oxygen atoms in total. The van der Waals surface area contributed by atoms with Crippen LogP contribution in [0.4, 0.5) is 0 Å². The van der Waals surface area contributed by atoms with Crippen LogP contribution in [0.15, 0.2) is 18.2 Å². The molecule has 13 heavy (non-hydrogen) atoms. The highest BCUT2D eigenvalue weighted by molar-refractivity contribution is 14.1. The maximum absolute atomic E-state index is 10.6. The highest BCUT2D eigenvalue weighted by atomic mass is 127. The lowest BCUT2D eigenvalue weighted by molar-refractivity contribution is -0.138. The van der Waals surface area contributed by atoms with Crippen molar-refractivity contribution in [3.63, 3.8) is 0 Å². The van der Waals surface area contributed by atoms with Crippen LogP contribution in [0.25, 0.3) is 0 Å². The van der Waals surface area contributed by atoms with Crippen molar-refractivity contribution in [2.45, 2.75) is 13.0 Å². The summed E-state index contributed by atoms with van der Waals surface area (Å²) in [4.78, 5) is 10.6. The largest absolute Gasteiger partial charge is 0.480 e. The van der Waals surface area contributed by atoms with Gasteiger partial charge in [0.05, 0.1) is 0 Å². The number of rotatable bonds is 2. The molecule has 0 aliphatic heterocycles. The van der Waals surface area contributed by atoms with Crippen molar-refractivity contribution in [2.24, 2.45) is 5.73 Å². The Hall–Kier alpha value is -0.620. The molecular weight excluding hydrogens is 281 g/mol. The fourth-order valence-corrected chi connectivity index (χ4v) is 1.48. The third-order valence-electron chi connectivity index (χ3n) is 1.82. The van der Waals surface area contributed by atoms with Crippen LogP contribution in [0, 0.1) is 10.5 Å². The Labute approximate surface area is 90.1 Å². The van der Waals surface area contributed by atoms with Gasteiger partial charge in [0.15, 0.2) is 0 Å². The Bertz CT molecular complexity index is 338. The third kappa shape index (κ3) is 2.41. The minimum absolute atomic E-state index is 0.641. The maximum Gasteiger partial charge on any atom is 0.325 e. The number of carboxylic acids is 1. The smallest absolute Gasteiger partial charge is 0.325 e. The molecule has 0 saturated carbocycles. The molecule has 1 rings (SSSR count). The molecule has 0 aliphatic rings. The number of hydrogen-bond acceptors (Lipinski definition) is 2. The van der Waals surface area contributed by atoms with Crippen LogP contribution in [0.2, 0.25) is 0 Å². The first-order valence-corrected chi connectivity index (χ1v) is 4.84. The predicted molar refractivity (Wildman–Crippen MR) is 58.5 cm³/mol. The van der Waals surface area contributed by atoms with Gasteiger partial charge in [-0.3, -0.25) is 4.79 Å². The highest BCUT2D eigenvalue weighted by Crippen LogP contribution is 2.17. The highest BCUT2D eigenvalue weighted by Gasteiger charge is 2.14. The van der Waals surface area contributed by atoms with Gasteiger partial charge in [0.2, 0.25) is 0 Å². The number of carbonyl (C=O) groups is 1. The summed E-state index contributed by atoms with van der Waals surface area (Å²) in [6.07, 6.45) is 0. The van der Waals surface area contributed by atoms with E-state index in [9.17, 15) is 4.79 Å². The Kier molecular flexibility index (Phi) is 3.27. The molecule has 0 radical (unpaired) electrons. The summed E-state index contributed by atoms with van der Waals surface area (Å²) in [5.74, 6) is -1.00. The van der Waals surface area contributed by atoms with Crippen LogP contribution in [0.1, 0.15) is 17.2 Å². The van der Waals surface area contributed by atoms with E-state index < -0.39 is 12.0 Å². The molecule has 3 N–H and O–H groups in total. The van der Waals surface area contributed by atoms with Gasteiger partial charge in [-0.1, -0.05) is 12.1 Å². The monoisotopic (exact) mass is 291 g/mol. The molecule has 0 unspecified atom stereocenters. The molecule has 0 amide bonds. The van der Waals surface area contributed by atoms with Crippen LogP contribution in [-0.4, -0.2) is 11.1 Å². The van der Waals surface area contributed by atoms with Crippen LogP contribution < -0.4 is 5.73 Å². The van der Waals surface area contributed by atoms with Crippen molar-refractivity contribution in [2.75, 3.05) is 0 Å². The first kappa shape index (κ1) is 10.5. The molecule has 0 spiro atoms. The molecule has 1 aromatic rings. The van der Waals surface area contributed by atoms with Crippen molar-refractivity contribution in [3.8, 4) is 0 Å². The van der Waals surface area contributed by atoms with Gasteiger partial charge in [-0.05, 0) is 46.7 Å². The number of hydrogen-bond donors (Lipinski definition) is 2. The van der Waals surface area contributed by atoms with Gasteiger partial charge in [0.25, 0.3) is 0 Å². The van der Waals surface area contributed by atoms with E-state index in [1.165, 1.54) is 0 Å². The number of aliphatic carboxylic acids is 1. The average molecular weight is 291 g/mol. The van der Waals surface area contributed by atoms with Crippen LogP contribution in [0.3, 0.4) is 0 Å². The quantitative estimate of drug-likeness (QED) is 0.815. The summed E-state index contributed by atoms with van der Waals surface area (Å²) >= 11 is 2.16. The predicted octanol–water partition coefficient (Wildman–Crippen LogP) is 1.68. The Morgan fingerprint density at radius 2 is 2.23 bits per heavy atom. The summed E-state index contributed by atoms with van der Waals surface area (Å²) in [6.45, 7) is 1.97. The Morgan fingerprint density at radius 1 is 1.62 bits per heavy atom. The first-order chi connectivity index (χ1) is 6.02. The van der Waals surface area contributed by atoms with Gasteiger partial charge in [-0.15, -0.1) is 0 Å². The molecule has 0 aliphatic carbocycles. The number of aryl methyl sites for hydroxylation is 1. The van der Waals surface area contributed by atoms with E-state index in [-0.39, 0.29) is 0 Å². The summed E-state index contributed by atoms with van der Waals surface area (Å²) < 4.78 is 1.03. The lowest BCUT2D eigenvalue weighted by Gasteiger charge is -2.07.